The van der Waals surface area contributed by atoms with Crippen LogP contribution in [0.15, 0.2) is 58.3 Å². The van der Waals surface area contributed by atoms with Crippen LogP contribution >= 0.6 is 0 Å². The largest absolute Gasteiger partial charge is 0.321 e. The first-order valence-electron chi connectivity index (χ1n) is 7.39. The summed E-state index contributed by atoms with van der Waals surface area (Å²) in [6.45, 7) is 3.55. The average Bonchev–Trinajstić information content (AvgIpc) is 2.69. The van der Waals surface area contributed by atoms with Gasteiger partial charge in [-0.25, -0.2) is 0 Å². The molecule has 0 radical (unpaired) electrons. The number of non-ortho nitro benzene ring substituents is 1. The number of nitrogens with zero attached hydrogens (tertiary/aromatic N) is 2. The molecular weight excluding hydrogens is 306 g/mol. The molecule has 24 heavy (non-hydrogen) atoms. The van der Waals surface area contributed by atoms with Crippen LogP contribution in [0.3, 0.4) is 0 Å². The van der Waals surface area contributed by atoms with Gasteiger partial charge in [0.05, 0.1) is 21.9 Å². The fourth-order valence-electron chi connectivity index (χ4n) is 2.61. The standard InChI is InChI=1S/C18H15N3O3/c1-11-8-9-13(21(23)24)10-16(11)19-12(2)17-14-6-4-3-5-7-15(14)20-18(17)22/h3-10H,1-2H3,(H,20,22)/b19-12+. The number of nitrogens with one attached hydrogen (secondary N) is 1. The molecule has 120 valence electrons. The number of fused-ring (bicyclic) bond motifs is 1. The molecule has 0 atom stereocenters. The summed E-state index contributed by atoms with van der Waals surface area (Å²) in [5.74, 6) is 0. The zero-order chi connectivity index (χ0) is 17.3. The van der Waals surface area contributed by atoms with Crippen molar-refractivity contribution in [2.24, 2.45) is 4.99 Å². The number of hydrogen-bond donors (Lipinski definition) is 1. The van der Waals surface area contributed by atoms with Crippen molar-refractivity contribution in [1.82, 2.24) is 4.98 Å². The van der Waals surface area contributed by atoms with Crippen LogP contribution in [0.4, 0.5) is 11.4 Å². The summed E-state index contributed by atoms with van der Waals surface area (Å²) < 4.78 is 0. The number of hydrogen-bond acceptors (Lipinski definition) is 4. The molecule has 0 fully saturated rings. The predicted octanol–water partition coefficient (Wildman–Crippen LogP) is 3.84. The maximum Gasteiger partial charge on any atom is 0.271 e. The molecule has 0 aromatic heterocycles. The molecule has 1 aromatic carbocycles. The topological polar surface area (TPSA) is 88.4 Å². The van der Waals surface area contributed by atoms with E-state index in [1.165, 1.54) is 12.1 Å². The fraction of sp³-hybridized carbons (Fsp3) is 0.111. The normalized spacial score (nSPS) is 11.7. The quantitative estimate of drug-likeness (QED) is 0.451. The van der Waals surface area contributed by atoms with Crippen LogP contribution in [0.1, 0.15) is 18.1 Å². The van der Waals surface area contributed by atoms with E-state index in [4.69, 9.17) is 0 Å². The number of nitro benzene ring substituents is 1. The number of H-pyrrole nitrogens is 1. The molecule has 0 amide bonds. The Bertz CT molecular complexity index is 989. The van der Waals surface area contributed by atoms with Crippen molar-refractivity contribution in [2.75, 3.05) is 0 Å². The lowest BCUT2D eigenvalue weighted by Gasteiger charge is -2.03. The molecular formula is C18H15N3O3. The summed E-state index contributed by atoms with van der Waals surface area (Å²) >= 11 is 0. The SMILES string of the molecule is C/C(=N\c1cc([N+](=O)[O-])ccc1C)c1c2cccccc-2[nH]c1=O. The van der Waals surface area contributed by atoms with Crippen LogP contribution in [0.5, 0.6) is 0 Å². The molecule has 0 bridgehead atoms. The van der Waals surface area contributed by atoms with Gasteiger partial charge in [0.2, 0.25) is 0 Å². The Hall–Kier alpha value is -3.28. The van der Waals surface area contributed by atoms with Crippen LogP contribution in [-0.4, -0.2) is 15.6 Å². The lowest BCUT2D eigenvalue weighted by atomic mass is 10.1. The monoisotopic (exact) mass is 321 g/mol. The second kappa shape index (κ2) is 6.08. The first kappa shape index (κ1) is 15.6. The third-order valence-electron chi connectivity index (χ3n) is 3.84. The smallest absolute Gasteiger partial charge is 0.271 e. The number of rotatable bonds is 3. The van der Waals surface area contributed by atoms with E-state index in [2.05, 4.69) is 9.98 Å². The number of nitro groups is 1. The van der Waals surface area contributed by atoms with E-state index in [-0.39, 0.29) is 11.2 Å². The predicted molar refractivity (Wildman–Crippen MR) is 93.4 cm³/mol. The molecule has 0 spiro atoms. The molecule has 0 unspecified atom stereocenters. The van der Waals surface area contributed by atoms with Crippen LogP contribution in [0.25, 0.3) is 11.3 Å². The molecule has 1 aliphatic heterocycles. The molecule has 1 heterocycles. The van der Waals surface area contributed by atoms with Crippen LogP contribution in [0, 0.1) is 17.0 Å². The van der Waals surface area contributed by atoms with E-state index in [0.717, 1.165) is 16.8 Å². The lowest BCUT2D eigenvalue weighted by molar-refractivity contribution is -0.384. The Balaban J connectivity index is 2.15. The molecule has 1 aliphatic carbocycles. The van der Waals surface area contributed by atoms with Gasteiger partial charge >= 0.3 is 0 Å². The average molecular weight is 321 g/mol. The minimum Gasteiger partial charge on any atom is -0.321 e. The summed E-state index contributed by atoms with van der Waals surface area (Å²) in [4.78, 5) is 30.1. The van der Waals surface area contributed by atoms with Gasteiger partial charge in [-0.2, -0.15) is 0 Å². The van der Waals surface area contributed by atoms with Crippen molar-refractivity contribution in [3.8, 4) is 11.3 Å². The van der Waals surface area contributed by atoms with Gasteiger partial charge in [0.15, 0.2) is 0 Å². The zero-order valence-electron chi connectivity index (χ0n) is 13.2. The molecule has 0 saturated heterocycles. The van der Waals surface area contributed by atoms with Crippen molar-refractivity contribution < 1.29 is 4.92 Å². The summed E-state index contributed by atoms with van der Waals surface area (Å²) in [6.07, 6.45) is 0. The first-order valence-corrected chi connectivity index (χ1v) is 7.39. The second-order valence-electron chi connectivity index (χ2n) is 5.49. The minimum absolute atomic E-state index is 0.0279. The van der Waals surface area contributed by atoms with Gasteiger partial charge < -0.3 is 4.98 Å². The third-order valence-corrected chi connectivity index (χ3v) is 3.84. The van der Waals surface area contributed by atoms with E-state index in [1.54, 1.807) is 13.0 Å². The molecule has 1 N–H and O–H groups in total. The first-order chi connectivity index (χ1) is 11.5. The Kier molecular flexibility index (Phi) is 3.95. The van der Waals surface area contributed by atoms with Gasteiger partial charge in [-0.1, -0.05) is 30.3 Å². The highest BCUT2D eigenvalue weighted by atomic mass is 16.6. The van der Waals surface area contributed by atoms with Gasteiger partial charge in [0, 0.05) is 23.4 Å². The van der Waals surface area contributed by atoms with Gasteiger partial charge in [-0.3, -0.25) is 19.9 Å². The Morgan fingerprint density at radius 3 is 2.67 bits per heavy atom. The van der Waals surface area contributed by atoms with Gasteiger partial charge in [-0.05, 0) is 25.5 Å². The summed E-state index contributed by atoms with van der Waals surface area (Å²) in [6, 6.07) is 13.8. The minimum atomic E-state index is -0.460. The van der Waals surface area contributed by atoms with Crippen LogP contribution in [-0.2, 0) is 0 Å². The van der Waals surface area contributed by atoms with E-state index in [9.17, 15) is 14.9 Å². The highest BCUT2D eigenvalue weighted by Crippen LogP contribution is 2.27. The third kappa shape index (κ3) is 2.81. The molecule has 2 aliphatic rings. The second-order valence-corrected chi connectivity index (χ2v) is 5.49. The van der Waals surface area contributed by atoms with E-state index < -0.39 is 4.92 Å². The van der Waals surface area contributed by atoms with E-state index in [1.807, 2.05) is 37.3 Å². The molecule has 3 rings (SSSR count). The fourth-order valence-corrected chi connectivity index (χ4v) is 2.61. The van der Waals surface area contributed by atoms with Crippen LogP contribution in [0.2, 0.25) is 0 Å². The highest BCUT2D eigenvalue weighted by Gasteiger charge is 2.17. The van der Waals surface area contributed by atoms with Gasteiger partial charge in [-0.15, -0.1) is 0 Å². The van der Waals surface area contributed by atoms with Crippen molar-refractivity contribution in [3.05, 3.63) is 80.1 Å². The van der Waals surface area contributed by atoms with Crippen molar-refractivity contribution in [3.63, 3.8) is 0 Å². The van der Waals surface area contributed by atoms with Gasteiger partial charge in [0.1, 0.15) is 0 Å². The Morgan fingerprint density at radius 2 is 1.92 bits per heavy atom. The van der Waals surface area contributed by atoms with Crippen molar-refractivity contribution in [2.45, 2.75) is 13.8 Å². The molecule has 6 heteroatoms. The van der Waals surface area contributed by atoms with E-state index in [0.29, 0.717) is 17.0 Å². The highest BCUT2D eigenvalue weighted by molar-refractivity contribution is 6.05. The Labute approximate surface area is 138 Å². The number of benzene rings is 1. The molecule has 1 aromatic rings. The molecule has 0 saturated carbocycles. The van der Waals surface area contributed by atoms with Crippen molar-refractivity contribution in [1.29, 1.82) is 0 Å². The maximum absolute atomic E-state index is 12.3. The molecule has 6 nitrogen and oxygen atoms in total. The maximum atomic E-state index is 12.3. The summed E-state index contributed by atoms with van der Waals surface area (Å²) in [7, 11) is 0. The van der Waals surface area contributed by atoms with Crippen LogP contribution < -0.4 is 5.56 Å². The number of aliphatic imine (C=N–C) groups is 1. The number of aromatic nitrogens is 1. The van der Waals surface area contributed by atoms with Crippen molar-refractivity contribution >= 4 is 17.1 Å². The zero-order valence-corrected chi connectivity index (χ0v) is 13.2. The summed E-state index contributed by atoms with van der Waals surface area (Å²) in [5.41, 5.74) is 3.53. The number of aromatic amines is 1. The lowest BCUT2D eigenvalue weighted by Crippen LogP contribution is -2.10. The Morgan fingerprint density at radius 1 is 1.17 bits per heavy atom. The number of aryl methyl sites for hydroxylation is 1. The summed E-state index contributed by atoms with van der Waals surface area (Å²) in [5, 5.41) is 10.9. The van der Waals surface area contributed by atoms with E-state index >= 15 is 0 Å². The van der Waals surface area contributed by atoms with Gasteiger partial charge in [0.25, 0.3) is 11.2 Å².